The maximum Gasteiger partial charge on any atom is 0.270 e. The van der Waals surface area contributed by atoms with Gasteiger partial charge in [-0.2, -0.15) is 0 Å². The highest BCUT2D eigenvalue weighted by atomic mass is 19.1. The number of halogens is 1. The van der Waals surface area contributed by atoms with Crippen LogP contribution < -0.4 is 10.2 Å². The molecule has 0 radical (unpaired) electrons. The average Bonchev–Trinajstić information content (AvgIpc) is 2.66. The molecule has 0 saturated carbocycles. The number of aryl methyl sites for hydroxylation is 1. The van der Waals surface area contributed by atoms with Crippen LogP contribution in [0.25, 0.3) is 0 Å². The summed E-state index contributed by atoms with van der Waals surface area (Å²) in [4.78, 5) is 23.4. The van der Waals surface area contributed by atoms with E-state index in [0.29, 0.717) is 44.5 Å². The minimum absolute atomic E-state index is 0.0706. The van der Waals surface area contributed by atoms with Gasteiger partial charge in [0.2, 0.25) is 5.95 Å². The van der Waals surface area contributed by atoms with E-state index in [4.69, 9.17) is 4.74 Å². The minimum atomic E-state index is -0.267. The minimum Gasteiger partial charge on any atom is -0.378 e. The van der Waals surface area contributed by atoms with Gasteiger partial charge >= 0.3 is 0 Å². The number of anilines is 1. The summed E-state index contributed by atoms with van der Waals surface area (Å²) in [6.07, 6.45) is 0. The Balaban J connectivity index is 1.65. The van der Waals surface area contributed by atoms with E-state index in [9.17, 15) is 9.18 Å². The van der Waals surface area contributed by atoms with E-state index in [2.05, 4.69) is 15.3 Å². The summed E-state index contributed by atoms with van der Waals surface area (Å²) in [5, 5.41) is 2.90. The Hall–Kier alpha value is -2.54. The number of nitrogens with zero attached hydrogens (tertiary/aromatic N) is 3. The Morgan fingerprint density at radius 1 is 1.27 bits per heavy atom. The van der Waals surface area contributed by atoms with Crippen LogP contribution in [0.2, 0.25) is 0 Å². The van der Waals surface area contributed by atoms with Gasteiger partial charge in [-0.15, -0.1) is 0 Å². The van der Waals surface area contributed by atoms with Crippen molar-refractivity contribution in [2.75, 3.05) is 37.7 Å². The van der Waals surface area contributed by atoms with Gasteiger partial charge < -0.3 is 15.0 Å². The Bertz CT molecular complexity index is 761. The van der Waals surface area contributed by atoms with Crippen molar-refractivity contribution in [1.29, 1.82) is 0 Å². The molecule has 1 fully saturated rings. The lowest BCUT2D eigenvalue weighted by molar-refractivity contribution is 0.0946. The van der Waals surface area contributed by atoms with Crippen LogP contribution in [0.5, 0.6) is 0 Å². The van der Waals surface area contributed by atoms with E-state index in [-0.39, 0.29) is 17.6 Å². The second kappa shape index (κ2) is 8.23. The van der Waals surface area contributed by atoms with Crippen molar-refractivity contribution in [2.45, 2.75) is 19.8 Å². The van der Waals surface area contributed by atoms with Crippen LogP contribution in [0, 0.1) is 12.7 Å². The molecule has 0 bridgehead atoms. The highest BCUT2D eigenvalue weighted by molar-refractivity contribution is 5.92. The average molecular weight is 358 g/mol. The molecule has 1 N–H and O–H groups in total. The fraction of sp³-hybridized carbons (Fsp3) is 0.421. The maximum atomic E-state index is 13.0. The number of rotatable bonds is 5. The summed E-state index contributed by atoms with van der Waals surface area (Å²) in [6.45, 7) is 6.97. The van der Waals surface area contributed by atoms with E-state index >= 15 is 0 Å². The van der Waals surface area contributed by atoms with Gasteiger partial charge in [-0.1, -0.05) is 19.1 Å². The zero-order valence-electron chi connectivity index (χ0n) is 15.0. The molecular formula is C19H23FN4O2. The maximum absolute atomic E-state index is 13.0. The standard InChI is InChI=1S/C19H23FN4O2/c1-13(15-3-5-16(20)6-4-15)12-21-18(25)17-11-14(2)22-19(23-17)24-7-9-26-10-8-24/h3-6,11,13H,7-10,12H2,1-2H3,(H,21,25). The van der Waals surface area contributed by atoms with Crippen molar-refractivity contribution in [2.24, 2.45) is 0 Å². The monoisotopic (exact) mass is 358 g/mol. The molecule has 1 aliphatic heterocycles. The number of aromatic nitrogens is 2. The van der Waals surface area contributed by atoms with Gasteiger partial charge in [0, 0.05) is 25.3 Å². The molecule has 7 heteroatoms. The fourth-order valence-corrected chi connectivity index (χ4v) is 2.82. The summed E-state index contributed by atoms with van der Waals surface area (Å²) >= 11 is 0. The Morgan fingerprint density at radius 3 is 2.65 bits per heavy atom. The topological polar surface area (TPSA) is 67.4 Å². The molecule has 138 valence electrons. The molecular weight excluding hydrogens is 335 g/mol. The molecule has 1 amide bonds. The molecule has 3 rings (SSSR count). The van der Waals surface area contributed by atoms with Gasteiger partial charge in [-0.25, -0.2) is 14.4 Å². The first-order chi connectivity index (χ1) is 12.5. The number of amides is 1. The van der Waals surface area contributed by atoms with Gasteiger partial charge in [0.1, 0.15) is 11.5 Å². The third-order valence-corrected chi connectivity index (χ3v) is 4.38. The number of ether oxygens (including phenoxy) is 1. The van der Waals surface area contributed by atoms with Crippen LogP contribution in [-0.4, -0.2) is 48.7 Å². The molecule has 1 aromatic heterocycles. The van der Waals surface area contributed by atoms with Crippen molar-refractivity contribution in [3.63, 3.8) is 0 Å². The summed E-state index contributed by atoms with van der Waals surface area (Å²) < 4.78 is 18.4. The smallest absolute Gasteiger partial charge is 0.270 e. The van der Waals surface area contributed by atoms with Crippen molar-refractivity contribution >= 4 is 11.9 Å². The van der Waals surface area contributed by atoms with E-state index in [1.54, 1.807) is 18.2 Å². The summed E-state index contributed by atoms with van der Waals surface area (Å²) in [7, 11) is 0. The molecule has 1 saturated heterocycles. The summed E-state index contributed by atoms with van der Waals surface area (Å²) in [5.41, 5.74) is 2.07. The van der Waals surface area contributed by atoms with Gasteiger partial charge in [0.05, 0.1) is 13.2 Å². The van der Waals surface area contributed by atoms with Gasteiger partial charge in [0.15, 0.2) is 0 Å². The van der Waals surface area contributed by atoms with Crippen LogP contribution in [0.15, 0.2) is 30.3 Å². The fourth-order valence-electron chi connectivity index (χ4n) is 2.82. The number of carbonyl (C=O) groups is 1. The second-order valence-electron chi connectivity index (χ2n) is 6.46. The largest absolute Gasteiger partial charge is 0.378 e. The quantitative estimate of drug-likeness (QED) is 0.888. The number of hydrogen-bond acceptors (Lipinski definition) is 5. The highest BCUT2D eigenvalue weighted by Crippen LogP contribution is 2.15. The second-order valence-corrected chi connectivity index (χ2v) is 6.46. The lowest BCUT2D eigenvalue weighted by Crippen LogP contribution is -2.38. The number of benzene rings is 1. The van der Waals surface area contributed by atoms with Crippen LogP contribution in [-0.2, 0) is 4.74 Å². The van der Waals surface area contributed by atoms with Crippen LogP contribution in [0.4, 0.5) is 10.3 Å². The number of morpholine rings is 1. The van der Waals surface area contributed by atoms with E-state index in [1.807, 2.05) is 18.7 Å². The molecule has 26 heavy (non-hydrogen) atoms. The van der Waals surface area contributed by atoms with Gasteiger partial charge in [-0.05, 0) is 36.6 Å². The molecule has 0 aliphatic carbocycles. The molecule has 1 unspecified atom stereocenters. The molecule has 1 atom stereocenters. The van der Waals surface area contributed by atoms with Crippen LogP contribution in [0.3, 0.4) is 0 Å². The van der Waals surface area contributed by atoms with Crippen molar-refractivity contribution in [3.8, 4) is 0 Å². The van der Waals surface area contributed by atoms with Crippen LogP contribution in [0.1, 0.15) is 34.6 Å². The summed E-state index contributed by atoms with van der Waals surface area (Å²) in [5.74, 6) is 0.127. The molecule has 6 nitrogen and oxygen atoms in total. The Morgan fingerprint density at radius 2 is 1.96 bits per heavy atom. The lowest BCUT2D eigenvalue weighted by atomic mass is 10.0. The first-order valence-electron chi connectivity index (χ1n) is 8.75. The molecule has 1 aliphatic rings. The molecule has 1 aromatic carbocycles. The van der Waals surface area contributed by atoms with Crippen molar-refractivity contribution in [3.05, 3.63) is 53.1 Å². The van der Waals surface area contributed by atoms with Crippen molar-refractivity contribution < 1.29 is 13.9 Å². The number of carbonyl (C=O) groups excluding carboxylic acids is 1. The molecule has 0 spiro atoms. The SMILES string of the molecule is Cc1cc(C(=O)NCC(C)c2ccc(F)cc2)nc(N2CCOCC2)n1. The zero-order valence-corrected chi connectivity index (χ0v) is 15.0. The van der Waals surface area contributed by atoms with E-state index < -0.39 is 0 Å². The third kappa shape index (κ3) is 4.54. The first kappa shape index (κ1) is 18.3. The predicted octanol–water partition coefficient (Wildman–Crippen LogP) is 2.29. The summed E-state index contributed by atoms with van der Waals surface area (Å²) in [6, 6.07) is 8.00. The highest BCUT2D eigenvalue weighted by Gasteiger charge is 2.18. The van der Waals surface area contributed by atoms with E-state index in [0.717, 1.165) is 11.3 Å². The molecule has 2 heterocycles. The molecule has 2 aromatic rings. The van der Waals surface area contributed by atoms with Crippen molar-refractivity contribution in [1.82, 2.24) is 15.3 Å². The Kier molecular flexibility index (Phi) is 5.78. The number of nitrogens with one attached hydrogen (secondary N) is 1. The zero-order chi connectivity index (χ0) is 18.5. The van der Waals surface area contributed by atoms with Gasteiger partial charge in [0.25, 0.3) is 5.91 Å². The Labute approximate surface area is 152 Å². The first-order valence-corrected chi connectivity index (χ1v) is 8.75. The predicted molar refractivity (Wildman–Crippen MR) is 96.9 cm³/mol. The van der Waals surface area contributed by atoms with Gasteiger partial charge in [-0.3, -0.25) is 4.79 Å². The third-order valence-electron chi connectivity index (χ3n) is 4.38. The lowest BCUT2D eigenvalue weighted by Gasteiger charge is -2.27. The normalized spacial score (nSPS) is 15.6. The number of hydrogen-bond donors (Lipinski definition) is 1. The van der Waals surface area contributed by atoms with E-state index in [1.165, 1.54) is 12.1 Å². The van der Waals surface area contributed by atoms with Crippen LogP contribution >= 0.6 is 0 Å².